The van der Waals surface area contributed by atoms with Crippen LogP contribution in [0.3, 0.4) is 0 Å². The summed E-state index contributed by atoms with van der Waals surface area (Å²) < 4.78 is 24.0. The van der Waals surface area contributed by atoms with Crippen LogP contribution in [-0.4, -0.2) is 29.6 Å². The van der Waals surface area contributed by atoms with Crippen LogP contribution in [0.4, 0.5) is 4.39 Å². The average Bonchev–Trinajstić information content (AvgIpc) is 3.15. The fraction of sp³-hybridized carbons (Fsp3) is 0.273. The van der Waals surface area contributed by atoms with E-state index in [1.165, 1.54) is 24.3 Å². The number of carbonyl (C=O) groups is 1. The van der Waals surface area contributed by atoms with Crippen LogP contribution in [0.25, 0.3) is 11.3 Å². The number of ether oxygens (including phenoxy) is 1. The molecule has 0 atom stereocenters. The molecule has 0 saturated carbocycles. The molecule has 3 aromatic rings. The first kappa shape index (κ1) is 19.6. The van der Waals surface area contributed by atoms with Crippen LogP contribution in [0.2, 0.25) is 0 Å². The molecule has 0 unspecified atom stereocenters. The van der Waals surface area contributed by atoms with Crippen LogP contribution in [0.5, 0.6) is 5.75 Å². The van der Waals surface area contributed by atoms with Gasteiger partial charge in [-0.3, -0.25) is 4.79 Å². The Morgan fingerprint density at radius 1 is 1.18 bits per heavy atom. The quantitative estimate of drug-likeness (QED) is 0.590. The second-order valence-corrected chi connectivity index (χ2v) is 6.97. The molecule has 1 aromatic heterocycles. The first-order valence-corrected chi connectivity index (χ1v) is 9.11. The third kappa shape index (κ3) is 4.57. The monoisotopic (exact) mass is 382 g/mol. The average molecular weight is 382 g/mol. The van der Waals surface area contributed by atoms with Crippen molar-refractivity contribution in [2.75, 3.05) is 13.7 Å². The topological polar surface area (TPSA) is 55.6 Å². The predicted molar refractivity (Wildman–Crippen MR) is 104 cm³/mol. The zero-order chi connectivity index (χ0) is 20.1. The second kappa shape index (κ2) is 8.69. The Morgan fingerprint density at radius 2 is 1.89 bits per heavy atom. The van der Waals surface area contributed by atoms with Crippen LogP contribution in [0.1, 0.15) is 29.9 Å². The van der Waals surface area contributed by atoms with E-state index >= 15 is 0 Å². The lowest BCUT2D eigenvalue weighted by molar-refractivity contribution is 0.0718. The maximum Gasteiger partial charge on any atom is 0.254 e. The van der Waals surface area contributed by atoms with E-state index in [1.807, 2.05) is 44.2 Å². The van der Waals surface area contributed by atoms with Gasteiger partial charge < -0.3 is 14.2 Å². The molecule has 3 rings (SSSR count). The first-order valence-electron chi connectivity index (χ1n) is 9.11. The van der Waals surface area contributed by atoms with Crippen LogP contribution in [0.15, 0.2) is 59.1 Å². The fourth-order valence-corrected chi connectivity index (χ4v) is 2.99. The maximum absolute atomic E-state index is 13.2. The van der Waals surface area contributed by atoms with E-state index in [-0.39, 0.29) is 17.6 Å². The van der Waals surface area contributed by atoms with Gasteiger partial charge in [0.2, 0.25) is 0 Å². The highest BCUT2D eigenvalue weighted by atomic mass is 19.1. The number of amides is 1. The number of halogens is 1. The summed E-state index contributed by atoms with van der Waals surface area (Å²) in [5.74, 6) is 0.989. The molecule has 0 aliphatic rings. The Kier molecular flexibility index (Phi) is 6.09. The van der Waals surface area contributed by atoms with E-state index in [0.29, 0.717) is 35.9 Å². The molecule has 0 aliphatic carbocycles. The highest BCUT2D eigenvalue weighted by Crippen LogP contribution is 2.30. The van der Waals surface area contributed by atoms with E-state index in [2.05, 4.69) is 5.16 Å². The summed E-state index contributed by atoms with van der Waals surface area (Å²) in [6.07, 6.45) is 0. The van der Waals surface area contributed by atoms with E-state index in [0.717, 1.165) is 5.56 Å². The van der Waals surface area contributed by atoms with Crippen molar-refractivity contribution >= 4 is 5.91 Å². The zero-order valence-electron chi connectivity index (χ0n) is 16.2. The molecule has 146 valence electrons. The smallest absolute Gasteiger partial charge is 0.254 e. The summed E-state index contributed by atoms with van der Waals surface area (Å²) in [5, 5.41) is 4.12. The molecule has 5 nitrogen and oxygen atoms in total. The van der Waals surface area contributed by atoms with Crippen molar-refractivity contribution < 1.29 is 18.4 Å². The minimum Gasteiger partial charge on any atom is -0.496 e. The Bertz CT molecular complexity index is 935. The highest BCUT2D eigenvalue weighted by molar-refractivity contribution is 5.94. The lowest BCUT2D eigenvalue weighted by atomic mass is 10.1. The molecular formula is C22H23FN2O3. The summed E-state index contributed by atoms with van der Waals surface area (Å²) >= 11 is 0. The van der Waals surface area contributed by atoms with Gasteiger partial charge in [-0.2, -0.15) is 0 Å². The number of carbonyl (C=O) groups excluding carboxylic acids is 1. The van der Waals surface area contributed by atoms with Gasteiger partial charge in [0.05, 0.1) is 19.2 Å². The van der Waals surface area contributed by atoms with Crippen molar-refractivity contribution in [3.8, 4) is 17.1 Å². The van der Waals surface area contributed by atoms with Gasteiger partial charge in [-0.15, -0.1) is 0 Å². The number of aromatic nitrogens is 1. The molecule has 1 heterocycles. The minimum atomic E-state index is -0.370. The molecule has 2 aromatic carbocycles. The molecule has 0 bridgehead atoms. The maximum atomic E-state index is 13.2. The van der Waals surface area contributed by atoms with Gasteiger partial charge in [0.25, 0.3) is 5.91 Å². The Morgan fingerprint density at radius 3 is 2.57 bits per heavy atom. The standard InChI is InChI=1S/C22H23FN2O3/c1-15(2)13-25(22(26)16-8-10-17(23)11-9-16)14-18-12-21(28-24-18)19-6-4-5-7-20(19)27-3/h4-12,15H,13-14H2,1-3H3. The molecule has 0 saturated heterocycles. The van der Waals surface area contributed by atoms with E-state index in [4.69, 9.17) is 9.26 Å². The minimum absolute atomic E-state index is 0.171. The number of rotatable bonds is 7. The van der Waals surface area contributed by atoms with Crippen molar-refractivity contribution in [3.05, 3.63) is 71.7 Å². The van der Waals surface area contributed by atoms with Crippen molar-refractivity contribution in [2.24, 2.45) is 5.92 Å². The van der Waals surface area contributed by atoms with Crippen LogP contribution in [-0.2, 0) is 6.54 Å². The number of para-hydroxylation sites is 1. The van der Waals surface area contributed by atoms with Gasteiger partial charge in [0.1, 0.15) is 17.3 Å². The molecule has 0 fully saturated rings. The van der Waals surface area contributed by atoms with Crippen LogP contribution in [0, 0.1) is 11.7 Å². The second-order valence-electron chi connectivity index (χ2n) is 6.97. The van der Waals surface area contributed by atoms with Gasteiger partial charge in [-0.25, -0.2) is 4.39 Å². The molecule has 0 aliphatic heterocycles. The number of hydrogen-bond acceptors (Lipinski definition) is 4. The summed E-state index contributed by atoms with van der Waals surface area (Å²) in [7, 11) is 1.60. The molecule has 28 heavy (non-hydrogen) atoms. The lowest BCUT2D eigenvalue weighted by Gasteiger charge is -2.23. The lowest BCUT2D eigenvalue weighted by Crippen LogP contribution is -2.33. The summed E-state index contributed by atoms with van der Waals surface area (Å²) in [6.45, 7) is 4.92. The van der Waals surface area contributed by atoms with Crippen molar-refractivity contribution in [2.45, 2.75) is 20.4 Å². The van der Waals surface area contributed by atoms with E-state index < -0.39 is 0 Å². The molecule has 6 heteroatoms. The zero-order valence-corrected chi connectivity index (χ0v) is 16.2. The Hall–Kier alpha value is -3.15. The number of nitrogens with zero attached hydrogens (tertiary/aromatic N) is 2. The van der Waals surface area contributed by atoms with Gasteiger partial charge >= 0.3 is 0 Å². The summed E-state index contributed by atoms with van der Waals surface area (Å²) in [5.41, 5.74) is 1.87. The van der Waals surface area contributed by atoms with Gasteiger partial charge in [0, 0.05) is 18.2 Å². The van der Waals surface area contributed by atoms with Crippen LogP contribution >= 0.6 is 0 Å². The molecule has 0 spiro atoms. The van der Waals surface area contributed by atoms with Crippen molar-refractivity contribution in [3.63, 3.8) is 0 Å². The largest absolute Gasteiger partial charge is 0.496 e. The fourth-order valence-electron chi connectivity index (χ4n) is 2.99. The van der Waals surface area contributed by atoms with Gasteiger partial charge in [-0.1, -0.05) is 31.1 Å². The third-order valence-electron chi connectivity index (χ3n) is 4.25. The van der Waals surface area contributed by atoms with Crippen molar-refractivity contribution in [1.29, 1.82) is 0 Å². The van der Waals surface area contributed by atoms with E-state index in [1.54, 1.807) is 12.0 Å². The van der Waals surface area contributed by atoms with Gasteiger partial charge in [-0.05, 0) is 42.3 Å². The number of methoxy groups -OCH3 is 1. The Labute approximate surface area is 163 Å². The number of benzene rings is 2. The van der Waals surface area contributed by atoms with Crippen LogP contribution < -0.4 is 4.74 Å². The molecule has 0 radical (unpaired) electrons. The first-order chi connectivity index (χ1) is 13.5. The molecular weight excluding hydrogens is 359 g/mol. The Balaban J connectivity index is 1.83. The molecule has 1 amide bonds. The van der Waals surface area contributed by atoms with Gasteiger partial charge in [0.15, 0.2) is 5.76 Å². The van der Waals surface area contributed by atoms with Crippen molar-refractivity contribution in [1.82, 2.24) is 10.1 Å². The SMILES string of the molecule is COc1ccccc1-c1cc(CN(CC(C)C)C(=O)c2ccc(F)cc2)no1. The normalized spacial score (nSPS) is 10.9. The summed E-state index contributed by atoms with van der Waals surface area (Å²) in [6, 6.07) is 14.9. The summed E-state index contributed by atoms with van der Waals surface area (Å²) in [4.78, 5) is 14.6. The molecule has 0 N–H and O–H groups in total. The number of hydrogen-bond donors (Lipinski definition) is 0. The predicted octanol–water partition coefficient (Wildman–Crippen LogP) is 4.79. The van der Waals surface area contributed by atoms with E-state index in [9.17, 15) is 9.18 Å². The highest BCUT2D eigenvalue weighted by Gasteiger charge is 2.20. The third-order valence-corrected chi connectivity index (χ3v) is 4.25.